The second-order valence-corrected chi connectivity index (χ2v) is 6.14. The first-order valence-corrected chi connectivity index (χ1v) is 7.84. The summed E-state index contributed by atoms with van der Waals surface area (Å²) >= 11 is 1.58. The molecule has 1 aromatic heterocycles. The van der Waals surface area contributed by atoms with Gasteiger partial charge in [0.2, 0.25) is 11.8 Å². The van der Waals surface area contributed by atoms with E-state index in [1.54, 1.807) is 29.4 Å². The van der Waals surface area contributed by atoms with Crippen LogP contribution in [0.5, 0.6) is 0 Å². The molecular formula is C16H15FN2O2S. The van der Waals surface area contributed by atoms with Gasteiger partial charge in [-0.3, -0.25) is 9.59 Å². The van der Waals surface area contributed by atoms with Crippen molar-refractivity contribution < 1.29 is 14.0 Å². The third-order valence-electron chi connectivity index (χ3n) is 3.73. The highest BCUT2D eigenvalue weighted by Gasteiger charge is 2.32. The van der Waals surface area contributed by atoms with Crippen LogP contribution in [0.3, 0.4) is 0 Å². The van der Waals surface area contributed by atoms with Gasteiger partial charge in [0.15, 0.2) is 0 Å². The fraction of sp³-hybridized carbons (Fsp3) is 0.250. The summed E-state index contributed by atoms with van der Waals surface area (Å²) in [5.41, 5.74) is 2.11. The summed E-state index contributed by atoms with van der Waals surface area (Å²) in [6.45, 7) is 0.497. The number of carbonyl (C=O) groups excluding carboxylic acids is 2. The average Bonchev–Trinajstić information content (AvgIpc) is 2.98. The maximum Gasteiger partial charge on any atom is 0.230 e. The van der Waals surface area contributed by atoms with E-state index in [0.717, 1.165) is 5.56 Å². The molecular weight excluding hydrogens is 303 g/mol. The molecule has 1 aliphatic rings. The Morgan fingerprint density at radius 1 is 1.45 bits per heavy atom. The molecule has 0 spiro atoms. The summed E-state index contributed by atoms with van der Waals surface area (Å²) in [6, 6.07) is 6.11. The van der Waals surface area contributed by atoms with Crippen LogP contribution >= 0.6 is 11.3 Å². The Morgan fingerprint density at radius 3 is 3.00 bits per heavy atom. The third kappa shape index (κ3) is 2.87. The molecule has 3 rings (SSSR count). The number of rotatable bonds is 3. The Kier molecular flexibility index (Phi) is 3.94. The minimum Gasteiger partial charge on any atom is -0.341 e. The number of fused-ring (bicyclic) bond motifs is 1. The Bertz CT molecular complexity index is 715. The largest absolute Gasteiger partial charge is 0.341 e. The first-order chi connectivity index (χ1) is 10.5. The minimum atomic E-state index is -0.562. The smallest absolute Gasteiger partial charge is 0.230 e. The van der Waals surface area contributed by atoms with E-state index in [-0.39, 0.29) is 18.2 Å². The van der Waals surface area contributed by atoms with Gasteiger partial charge < -0.3 is 10.2 Å². The van der Waals surface area contributed by atoms with Crippen molar-refractivity contribution >= 4 is 28.8 Å². The van der Waals surface area contributed by atoms with Gasteiger partial charge >= 0.3 is 0 Å². The lowest BCUT2D eigenvalue weighted by atomic mass is 9.89. The van der Waals surface area contributed by atoms with Gasteiger partial charge in [-0.05, 0) is 40.1 Å². The van der Waals surface area contributed by atoms with Crippen LogP contribution in [-0.4, -0.2) is 23.8 Å². The van der Waals surface area contributed by atoms with Gasteiger partial charge in [-0.15, -0.1) is 0 Å². The van der Waals surface area contributed by atoms with Gasteiger partial charge in [-0.25, -0.2) is 4.39 Å². The fourth-order valence-corrected chi connectivity index (χ4v) is 3.32. The number of benzene rings is 1. The SMILES string of the molecule is CN(Cc1ccsc1)C(=O)C1CC(=O)Nc2cc(F)ccc21. The molecule has 4 nitrogen and oxygen atoms in total. The quantitative estimate of drug-likeness (QED) is 0.946. The monoisotopic (exact) mass is 318 g/mol. The number of hydrogen-bond donors (Lipinski definition) is 1. The topological polar surface area (TPSA) is 49.4 Å². The number of halogens is 1. The fourth-order valence-electron chi connectivity index (χ4n) is 2.66. The number of thiophene rings is 1. The summed E-state index contributed by atoms with van der Waals surface area (Å²) in [5, 5.41) is 6.57. The maximum atomic E-state index is 13.3. The molecule has 114 valence electrons. The van der Waals surface area contributed by atoms with Crippen molar-refractivity contribution in [3.63, 3.8) is 0 Å². The van der Waals surface area contributed by atoms with E-state index in [0.29, 0.717) is 17.8 Å². The number of nitrogens with zero attached hydrogens (tertiary/aromatic N) is 1. The van der Waals surface area contributed by atoms with Crippen LogP contribution < -0.4 is 5.32 Å². The number of anilines is 1. The Hall–Kier alpha value is -2.21. The zero-order chi connectivity index (χ0) is 15.7. The van der Waals surface area contributed by atoms with Crippen molar-refractivity contribution in [1.82, 2.24) is 4.90 Å². The van der Waals surface area contributed by atoms with Crippen LogP contribution in [0.2, 0.25) is 0 Å². The molecule has 22 heavy (non-hydrogen) atoms. The van der Waals surface area contributed by atoms with Crippen molar-refractivity contribution in [2.75, 3.05) is 12.4 Å². The van der Waals surface area contributed by atoms with Crippen LogP contribution in [0.25, 0.3) is 0 Å². The Labute approximate surface area is 131 Å². The van der Waals surface area contributed by atoms with E-state index in [2.05, 4.69) is 5.32 Å². The van der Waals surface area contributed by atoms with Gasteiger partial charge in [-0.2, -0.15) is 11.3 Å². The molecule has 0 saturated carbocycles. The van der Waals surface area contributed by atoms with Crippen molar-refractivity contribution in [3.05, 3.63) is 52.0 Å². The van der Waals surface area contributed by atoms with E-state index in [1.807, 2.05) is 16.8 Å². The normalized spacial score (nSPS) is 16.8. The predicted molar refractivity (Wildman–Crippen MR) is 83.2 cm³/mol. The van der Waals surface area contributed by atoms with E-state index < -0.39 is 11.7 Å². The highest BCUT2D eigenvalue weighted by molar-refractivity contribution is 7.07. The summed E-state index contributed by atoms with van der Waals surface area (Å²) in [4.78, 5) is 26.1. The second-order valence-electron chi connectivity index (χ2n) is 5.36. The molecule has 0 saturated heterocycles. The maximum absolute atomic E-state index is 13.3. The van der Waals surface area contributed by atoms with E-state index in [4.69, 9.17) is 0 Å². The molecule has 0 bridgehead atoms. The molecule has 2 amide bonds. The van der Waals surface area contributed by atoms with Crippen molar-refractivity contribution in [2.45, 2.75) is 18.9 Å². The highest BCUT2D eigenvalue weighted by Crippen LogP contribution is 2.34. The first kappa shape index (κ1) is 14.7. The summed E-state index contributed by atoms with van der Waals surface area (Å²) in [5.74, 6) is -1.39. The number of likely N-dealkylation sites (N-methyl/N-ethyl adjacent to an activating group) is 1. The standard InChI is InChI=1S/C16H15FN2O2S/c1-19(8-10-4-5-22-9-10)16(21)13-7-15(20)18-14-6-11(17)2-3-12(13)14/h2-6,9,13H,7-8H2,1H3,(H,18,20). The molecule has 2 heterocycles. The first-order valence-electron chi connectivity index (χ1n) is 6.90. The summed E-state index contributed by atoms with van der Waals surface area (Å²) in [6.07, 6.45) is 0.0887. The lowest BCUT2D eigenvalue weighted by Gasteiger charge is -2.28. The van der Waals surface area contributed by atoms with Crippen molar-refractivity contribution in [2.24, 2.45) is 0 Å². The minimum absolute atomic E-state index is 0.0887. The van der Waals surface area contributed by atoms with Crippen LogP contribution in [0, 0.1) is 5.82 Å². The van der Waals surface area contributed by atoms with Gasteiger partial charge in [-0.1, -0.05) is 6.07 Å². The van der Waals surface area contributed by atoms with Gasteiger partial charge in [0.05, 0.1) is 5.92 Å². The Balaban J connectivity index is 1.85. The van der Waals surface area contributed by atoms with E-state index >= 15 is 0 Å². The van der Waals surface area contributed by atoms with Gasteiger partial charge in [0, 0.05) is 25.7 Å². The van der Waals surface area contributed by atoms with Crippen LogP contribution in [-0.2, 0) is 16.1 Å². The molecule has 1 atom stereocenters. The lowest BCUT2D eigenvalue weighted by molar-refractivity contribution is -0.134. The lowest BCUT2D eigenvalue weighted by Crippen LogP contribution is -2.36. The second kappa shape index (κ2) is 5.88. The highest BCUT2D eigenvalue weighted by atomic mass is 32.1. The number of nitrogens with one attached hydrogen (secondary N) is 1. The molecule has 2 aromatic rings. The summed E-state index contributed by atoms with van der Waals surface area (Å²) in [7, 11) is 1.72. The molecule has 1 aromatic carbocycles. The molecule has 1 N–H and O–H groups in total. The van der Waals surface area contributed by atoms with Crippen molar-refractivity contribution in [1.29, 1.82) is 0 Å². The van der Waals surface area contributed by atoms with Gasteiger partial charge in [0.25, 0.3) is 0 Å². The van der Waals surface area contributed by atoms with Crippen LogP contribution in [0.4, 0.5) is 10.1 Å². The summed E-state index contributed by atoms with van der Waals surface area (Å²) < 4.78 is 13.3. The number of carbonyl (C=O) groups is 2. The molecule has 1 unspecified atom stereocenters. The molecule has 0 fully saturated rings. The average molecular weight is 318 g/mol. The van der Waals surface area contributed by atoms with E-state index in [1.165, 1.54) is 12.1 Å². The third-order valence-corrected chi connectivity index (χ3v) is 4.46. The zero-order valence-electron chi connectivity index (χ0n) is 12.0. The molecule has 1 aliphatic heterocycles. The Morgan fingerprint density at radius 2 is 2.27 bits per heavy atom. The molecule has 0 radical (unpaired) electrons. The van der Waals surface area contributed by atoms with E-state index in [9.17, 15) is 14.0 Å². The van der Waals surface area contributed by atoms with Crippen LogP contribution in [0.15, 0.2) is 35.0 Å². The predicted octanol–water partition coefficient (Wildman–Crippen LogP) is 2.97. The molecule has 0 aliphatic carbocycles. The number of hydrogen-bond acceptors (Lipinski definition) is 3. The molecule has 6 heteroatoms. The zero-order valence-corrected chi connectivity index (χ0v) is 12.8. The van der Waals surface area contributed by atoms with Crippen LogP contribution in [0.1, 0.15) is 23.5 Å². The number of amides is 2. The van der Waals surface area contributed by atoms with Crippen molar-refractivity contribution in [3.8, 4) is 0 Å². The van der Waals surface area contributed by atoms with Gasteiger partial charge in [0.1, 0.15) is 5.82 Å².